The lowest BCUT2D eigenvalue weighted by molar-refractivity contribution is 0.304. The number of benzene rings is 2. The smallest absolute Gasteiger partial charge is 0.167 e. The lowest BCUT2D eigenvalue weighted by Gasteiger charge is -2.29. The molecule has 1 heterocycles. The number of epoxide rings is 1. The fraction of sp³-hybridized carbons (Fsp3) is 0.500. The van der Waals surface area contributed by atoms with Gasteiger partial charge in [0.15, 0.2) is 11.6 Å². The topological polar surface area (TPSA) is 12.5 Å². The Balaban J connectivity index is 1.45. The second-order valence-electron chi connectivity index (χ2n) is 8.13. The average molecular weight is 370 g/mol. The summed E-state index contributed by atoms with van der Waals surface area (Å²) in [5, 5.41) is 0. The van der Waals surface area contributed by atoms with E-state index in [0.717, 1.165) is 11.5 Å². The van der Waals surface area contributed by atoms with E-state index < -0.39 is 11.6 Å². The quantitative estimate of drug-likeness (QED) is 0.491. The zero-order valence-corrected chi connectivity index (χ0v) is 16.0. The predicted molar refractivity (Wildman–Crippen MR) is 105 cm³/mol. The summed E-state index contributed by atoms with van der Waals surface area (Å²) in [6.45, 7) is 2.74. The van der Waals surface area contributed by atoms with Gasteiger partial charge in [0.25, 0.3) is 0 Å². The molecular weight excluding hydrogens is 342 g/mol. The van der Waals surface area contributed by atoms with Crippen molar-refractivity contribution in [3.05, 3.63) is 59.2 Å². The standard InChI is InChI=1S/C24H28F2O/c1-2-3-4-16-5-7-17(8-6-16)18-9-11-19(12-10-18)20-13-14-21(22-15-27-22)24(26)23(20)25/h9-14,16-17,22H,2-8,15H2,1H3. The van der Waals surface area contributed by atoms with Gasteiger partial charge in [-0.25, -0.2) is 8.78 Å². The molecule has 1 aliphatic carbocycles. The van der Waals surface area contributed by atoms with Crippen molar-refractivity contribution in [1.29, 1.82) is 0 Å². The van der Waals surface area contributed by atoms with Crippen LogP contribution in [0.4, 0.5) is 8.78 Å². The van der Waals surface area contributed by atoms with Gasteiger partial charge in [0, 0.05) is 11.1 Å². The van der Waals surface area contributed by atoms with Gasteiger partial charge in [0.05, 0.1) is 6.61 Å². The maximum atomic E-state index is 14.5. The van der Waals surface area contributed by atoms with Crippen LogP contribution < -0.4 is 0 Å². The molecule has 2 aromatic rings. The minimum atomic E-state index is -0.774. The SMILES string of the molecule is CCCCC1CCC(c2ccc(-c3ccc(C4CO4)c(F)c3F)cc2)CC1. The first-order chi connectivity index (χ1) is 13.2. The molecule has 0 amide bonds. The Hall–Kier alpha value is -1.74. The van der Waals surface area contributed by atoms with Crippen LogP contribution in [-0.4, -0.2) is 6.61 Å². The number of hydrogen-bond donors (Lipinski definition) is 0. The number of ether oxygens (including phenoxy) is 1. The third kappa shape index (κ3) is 4.08. The molecule has 2 aliphatic rings. The van der Waals surface area contributed by atoms with Crippen LogP contribution in [0.3, 0.4) is 0 Å². The molecule has 1 saturated heterocycles. The van der Waals surface area contributed by atoms with Crippen molar-refractivity contribution in [3.8, 4) is 11.1 Å². The summed E-state index contributed by atoms with van der Waals surface area (Å²) < 4.78 is 33.9. The average Bonchev–Trinajstić information content (AvgIpc) is 3.54. The second kappa shape index (κ2) is 8.10. The Kier molecular flexibility index (Phi) is 5.58. The molecule has 1 aliphatic heterocycles. The van der Waals surface area contributed by atoms with Crippen molar-refractivity contribution in [2.75, 3.05) is 6.61 Å². The number of halogens is 2. The monoisotopic (exact) mass is 370 g/mol. The Labute approximate surface area is 160 Å². The first-order valence-electron chi connectivity index (χ1n) is 10.4. The van der Waals surface area contributed by atoms with Crippen molar-refractivity contribution in [2.45, 2.75) is 63.9 Å². The highest BCUT2D eigenvalue weighted by Gasteiger charge is 2.30. The minimum absolute atomic E-state index is 0.275. The van der Waals surface area contributed by atoms with Gasteiger partial charge in [0.1, 0.15) is 6.10 Å². The van der Waals surface area contributed by atoms with Gasteiger partial charge in [-0.1, -0.05) is 62.6 Å². The fourth-order valence-corrected chi connectivity index (χ4v) is 4.48. The molecule has 0 spiro atoms. The van der Waals surface area contributed by atoms with Crippen LogP contribution in [0.2, 0.25) is 0 Å². The summed E-state index contributed by atoms with van der Waals surface area (Å²) in [7, 11) is 0. The zero-order valence-electron chi connectivity index (χ0n) is 16.0. The minimum Gasteiger partial charge on any atom is -0.368 e. The number of unbranched alkanes of at least 4 members (excludes halogenated alkanes) is 1. The normalized spacial score (nSPS) is 24.8. The van der Waals surface area contributed by atoms with Crippen LogP contribution in [0.25, 0.3) is 11.1 Å². The van der Waals surface area contributed by atoms with Crippen LogP contribution in [-0.2, 0) is 4.74 Å². The molecule has 144 valence electrons. The molecule has 0 bridgehead atoms. The largest absolute Gasteiger partial charge is 0.368 e. The third-order valence-corrected chi connectivity index (χ3v) is 6.30. The summed E-state index contributed by atoms with van der Waals surface area (Å²) in [6.07, 6.45) is 8.84. The Morgan fingerprint density at radius 3 is 2.26 bits per heavy atom. The Morgan fingerprint density at radius 1 is 0.926 bits per heavy atom. The van der Waals surface area contributed by atoms with E-state index in [-0.39, 0.29) is 6.10 Å². The summed E-state index contributed by atoms with van der Waals surface area (Å²) in [4.78, 5) is 0. The highest BCUT2D eigenvalue weighted by atomic mass is 19.2. The second-order valence-corrected chi connectivity index (χ2v) is 8.13. The molecule has 0 aromatic heterocycles. The molecule has 1 saturated carbocycles. The molecule has 1 unspecified atom stereocenters. The van der Waals surface area contributed by atoms with Crippen LogP contribution in [0, 0.1) is 17.6 Å². The number of hydrogen-bond acceptors (Lipinski definition) is 1. The number of rotatable bonds is 6. The van der Waals surface area contributed by atoms with E-state index in [0.29, 0.717) is 23.7 Å². The lowest BCUT2D eigenvalue weighted by Crippen LogP contribution is -2.13. The fourth-order valence-electron chi connectivity index (χ4n) is 4.48. The highest BCUT2D eigenvalue weighted by molar-refractivity contribution is 5.65. The van der Waals surface area contributed by atoms with E-state index in [4.69, 9.17) is 4.74 Å². The van der Waals surface area contributed by atoms with Gasteiger partial charge in [-0.2, -0.15) is 0 Å². The first-order valence-corrected chi connectivity index (χ1v) is 10.4. The van der Waals surface area contributed by atoms with Crippen LogP contribution in [0.15, 0.2) is 36.4 Å². The maximum Gasteiger partial charge on any atom is 0.167 e. The summed E-state index contributed by atoms with van der Waals surface area (Å²) >= 11 is 0. The van der Waals surface area contributed by atoms with Crippen LogP contribution >= 0.6 is 0 Å². The summed E-state index contributed by atoms with van der Waals surface area (Å²) in [5.41, 5.74) is 2.71. The van der Waals surface area contributed by atoms with Gasteiger partial charge in [0.2, 0.25) is 0 Å². The molecule has 3 heteroatoms. The van der Waals surface area contributed by atoms with Crippen molar-refractivity contribution in [2.24, 2.45) is 5.92 Å². The van der Waals surface area contributed by atoms with E-state index in [1.807, 2.05) is 12.1 Å². The molecule has 0 radical (unpaired) electrons. The lowest BCUT2D eigenvalue weighted by atomic mass is 9.77. The van der Waals surface area contributed by atoms with Crippen molar-refractivity contribution >= 4 is 0 Å². The Morgan fingerprint density at radius 2 is 1.63 bits per heavy atom. The molecule has 4 rings (SSSR count). The van der Waals surface area contributed by atoms with Gasteiger partial charge >= 0.3 is 0 Å². The van der Waals surface area contributed by atoms with E-state index in [1.165, 1.54) is 50.5 Å². The zero-order chi connectivity index (χ0) is 18.8. The molecule has 2 fully saturated rings. The molecule has 1 nitrogen and oxygen atoms in total. The van der Waals surface area contributed by atoms with Gasteiger partial charge < -0.3 is 4.74 Å². The molecule has 27 heavy (non-hydrogen) atoms. The van der Waals surface area contributed by atoms with E-state index >= 15 is 0 Å². The summed E-state index contributed by atoms with van der Waals surface area (Å²) in [5.74, 6) is -0.0453. The maximum absolute atomic E-state index is 14.5. The van der Waals surface area contributed by atoms with E-state index in [2.05, 4.69) is 19.1 Å². The van der Waals surface area contributed by atoms with Crippen LogP contribution in [0.5, 0.6) is 0 Å². The van der Waals surface area contributed by atoms with Crippen molar-refractivity contribution in [1.82, 2.24) is 0 Å². The van der Waals surface area contributed by atoms with Gasteiger partial charge in [-0.15, -0.1) is 0 Å². The predicted octanol–water partition coefficient (Wildman–Crippen LogP) is 7.17. The van der Waals surface area contributed by atoms with Gasteiger partial charge in [-0.3, -0.25) is 0 Å². The van der Waals surface area contributed by atoms with E-state index in [1.54, 1.807) is 12.1 Å². The Bertz CT molecular complexity index is 772. The molecule has 2 aromatic carbocycles. The van der Waals surface area contributed by atoms with Crippen molar-refractivity contribution < 1.29 is 13.5 Å². The molecule has 0 N–H and O–H groups in total. The van der Waals surface area contributed by atoms with Crippen molar-refractivity contribution in [3.63, 3.8) is 0 Å². The van der Waals surface area contributed by atoms with Gasteiger partial charge in [-0.05, 0) is 48.6 Å². The third-order valence-electron chi connectivity index (χ3n) is 6.30. The first kappa shape index (κ1) is 18.6. The highest BCUT2D eigenvalue weighted by Crippen LogP contribution is 2.39. The summed E-state index contributed by atoms with van der Waals surface area (Å²) in [6, 6.07) is 11.4. The molecule has 1 atom stereocenters. The van der Waals surface area contributed by atoms with E-state index in [9.17, 15) is 8.78 Å². The molecular formula is C24H28F2O. The van der Waals surface area contributed by atoms with Crippen LogP contribution in [0.1, 0.15) is 75.0 Å².